The van der Waals surface area contributed by atoms with E-state index in [2.05, 4.69) is 23.8 Å². The van der Waals surface area contributed by atoms with Crippen LogP contribution in [0.1, 0.15) is 78.1 Å². The van der Waals surface area contributed by atoms with Crippen LogP contribution >= 0.6 is 0 Å². The fourth-order valence-electron chi connectivity index (χ4n) is 2.37. The van der Waals surface area contributed by atoms with Gasteiger partial charge in [-0.25, -0.2) is 0 Å². The van der Waals surface area contributed by atoms with Gasteiger partial charge in [-0.15, -0.1) is 0 Å². The van der Waals surface area contributed by atoms with Crippen molar-refractivity contribution in [2.24, 2.45) is 0 Å². The van der Waals surface area contributed by atoms with Gasteiger partial charge in [-0.2, -0.15) is 0 Å². The van der Waals surface area contributed by atoms with Crippen molar-refractivity contribution in [2.75, 3.05) is 13.1 Å². The maximum atomic E-state index is 11.3. The second-order valence-corrected chi connectivity index (χ2v) is 6.61. The van der Waals surface area contributed by atoms with Crippen LogP contribution < -0.4 is 10.6 Å². The maximum absolute atomic E-state index is 11.3. The van der Waals surface area contributed by atoms with Crippen molar-refractivity contribution in [3.05, 3.63) is 24.3 Å². The summed E-state index contributed by atoms with van der Waals surface area (Å²) in [6.07, 6.45) is 12.1. The van der Waals surface area contributed by atoms with Crippen LogP contribution in [0.3, 0.4) is 0 Å². The lowest BCUT2D eigenvalue weighted by atomic mass is 10.1. The first-order valence-electron chi connectivity index (χ1n) is 9.32. The van der Waals surface area contributed by atoms with Crippen molar-refractivity contribution >= 4 is 11.8 Å². The minimum absolute atomic E-state index is 0.0332. The highest BCUT2D eigenvalue weighted by Gasteiger charge is 2.00. The molecule has 0 rings (SSSR count). The molecule has 0 saturated carbocycles. The van der Waals surface area contributed by atoms with Crippen molar-refractivity contribution in [3.8, 4) is 0 Å². The molecule has 0 unspecified atom stereocenters. The Bertz CT molecular complexity index is 364. The quantitative estimate of drug-likeness (QED) is 0.346. The smallest absolute Gasteiger partial charge is 0.246 e. The molecule has 0 radical (unpaired) electrons. The third kappa shape index (κ3) is 14.0. The summed E-state index contributed by atoms with van der Waals surface area (Å²) in [6, 6.07) is 0. The first-order valence-corrected chi connectivity index (χ1v) is 9.32. The highest BCUT2D eigenvalue weighted by molar-refractivity contribution is 5.92. The number of hydrogen-bond donors (Lipinski definition) is 2. The predicted molar refractivity (Wildman–Crippen MR) is 102 cm³/mol. The molecule has 0 spiro atoms. The monoisotopic (exact) mass is 336 g/mol. The molecule has 0 atom stereocenters. The molecule has 0 aliphatic heterocycles. The van der Waals surface area contributed by atoms with Crippen molar-refractivity contribution in [1.29, 1.82) is 0 Å². The molecule has 138 valence electrons. The van der Waals surface area contributed by atoms with E-state index in [1.807, 2.05) is 0 Å². The summed E-state index contributed by atoms with van der Waals surface area (Å²) in [5.41, 5.74) is 1.15. The Morgan fingerprint density at radius 3 is 1.08 bits per heavy atom. The van der Waals surface area contributed by atoms with E-state index in [9.17, 15) is 9.59 Å². The van der Waals surface area contributed by atoms with E-state index in [-0.39, 0.29) is 11.8 Å². The van der Waals surface area contributed by atoms with Gasteiger partial charge in [0.1, 0.15) is 0 Å². The number of rotatable bonds is 15. The Hall–Kier alpha value is -1.58. The summed E-state index contributed by atoms with van der Waals surface area (Å²) in [5.74, 6) is -0.0663. The van der Waals surface area contributed by atoms with Crippen LogP contribution in [0.4, 0.5) is 0 Å². The van der Waals surface area contributed by atoms with Crippen LogP contribution in [0.15, 0.2) is 24.3 Å². The topological polar surface area (TPSA) is 58.2 Å². The third-order valence-corrected chi connectivity index (χ3v) is 3.95. The molecule has 2 N–H and O–H groups in total. The molecular weight excluding hydrogens is 300 g/mol. The van der Waals surface area contributed by atoms with Crippen molar-refractivity contribution in [3.63, 3.8) is 0 Å². The summed E-state index contributed by atoms with van der Waals surface area (Å²) in [4.78, 5) is 22.5. The van der Waals surface area contributed by atoms with Gasteiger partial charge in [0.2, 0.25) is 11.8 Å². The molecule has 0 saturated heterocycles. The van der Waals surface area contributed by atoms with Gasteiger partial charge in [0.25, 0.3) is 0 Å². The zero-order valence-corrected chi connectivity index (χ0v) is 15.7. The molecular formula is C20H36N2O2. The number of hydrogen-bond acceptors (Lipinski definition) is 2. The van der Waals surface area contributed by atoms with Gasteiger partial charge in [0, 0.05) is 24.2 Å². The van der Waals surface area contributed by atoms with Crippen LogP contribution in [0.25, 0.3) is 0 Å². The number of carbonyl (C=O) groups is 2. The summed E-state index contributed by atoms with van der Waals surface area (Å²) >= 11 is 0. The molecule has 0 aliphatic rings. The molecule has 0 aromatic rings. The number of unbranched alkanes of at least 4 members (excludes halogenated alkanes) is 9. The lowest BCUT2D eigenvalue weighted by Gasteiger charge is -2.05. The van der Waals surface area contributed by atoms with Crippen LogP contribution in [0, 0.1) is 0 Å². The van der Waals surface area contributed by atoms with Gasteiger partial charge in [0.05, 0.1) is 0 Å². The predicted octanol–water partition coefficient (Wildman–Crippen LogP) is 4.27. The second-order valence-electron chi connectivity index (χ2n) is 6.61. The van der Waals surface area contributed by atoms with Crippen molar-refractivity contribution < 1.29 is 9.59 Å². The SMILES string of the molecule is C=C(C)C(=O)NCCCCCCCCCCCCNC(=O)C(=C)C. The molecule has 0 aliphatic carbocycles. The van der Waals surface area contributed by atoms with E-state index in [4.69, 9.17) is 0 Å². The van der Waals surface area contributed by atoms with Crippen LogP contribution in [0.2, 0.25) is 0 Å². The second kappa shape index (κ2) is 15.0. The summed E-state index contributed by atoms with van der Waals surface area (Å²) in [5, 5.41) is 5.72. The van der Waals surface area contributed by atoms with Gasteiger partial charge < -0.3 is 10.6 Å². The first kappa shape index (κ1) is 22.4. The average Bonchev–Trinajstić information content (AvgIpc) is 2.54. The van der Waals surface area contributed by atoms with Crippen LogP contribution in [-0.2, 0) is 9.59 Å². The summed E-state index contributed by atoms with van der Waals surface area (Å²) < 4.78 is 0. The van der Waals surface area contributed by atoms with E-state index >= 15 is 0 Å². The molecule has 4 heteroatoms. The normalized spacial score (nSPS) is 10.2. The molecule has 24 heavy (non-hydrogen) atoms. The van der Waals surface area contributed by atoms with Gasteiger partial charge in [-0.3, -0.25) is 9.59 Å². The van der Waals surface area contributed by atoms with Gasteiger partial charge in [-0.05, 0) is 26.7 Å². The highest BCUT2D eigenvalue weighted by Crippen LogP contribution is 2.10. The van der Waals surface area contributed by atoms with E-state index in [0.717, 1.165) is 25.9 Å². The molecule has 0 aromatic heterocycles. The largest absolute Gasteiger partial charge is 0.352 e. The molecule has 0 aromatic carbocycles. The zero-order chi connectivity index (χ0) is 18.2. The lowest BCUT2D eigenvalue weighted by Crippen LogP contribution is -2.24. The zero-order valence-electron chi connectivity index (χ0n) is 15.7. The molecule has 2 amide bonds. The average molecular weight is 337 g/mol. The van der Waals surface area contributed by atoms with Crippen LogP contribution in [0.5, 0.6) is 0 Å². The fraction of sp³-hybridized carbons (Fsp3) is 0.700. The molecule has 4 nitrogen and oxygen atoms in total. The van der Waals surface area contributed by atoms with Crippen molar-refractivity contribution in [1.82, 2.24) is 10.6 Å². The van der Waals surface area contributed by atoms with E-state index in [0.29, 0.717) is 11.1 Å². The van der Waals surface area contributed by atoms with Gasteiger partial charge >= 0.3 is 0 Å². The Labute approximate surface area is 148 Å². The summed E-state index contributed by atoms with van der Waals surface area (Å²) in [7, 11) is 0. The molecule has 0 bridgehead atoms. The Morgan fingerprint density at radius 1 is 0.583 bits per heavy atom. The van der Waals surface area contributed by atoms with Gasteiger partial charge in [0.15, 0.2) is 0 Å². The number of carbonyl (C=O) groups excluding carboxylic acids is 2. The fourth-order valence-corrected chi connectivity index (χ4v) is 2.37. The maximum Gasteiger partial charge on any atom is 0.246 e. The number of nitrogens with one attached hydrogen (secondary N) is 2. The lowest BCUT2D eigenvalue weighted by molar-refractivity contribution is -0.118. The molecule has 0 heterocycles. The number of amides is 2. The van der Waals surface area contributed by atoms with E-state index in [1.165, 1.54) is 51.4 Å². The Morgan fingerprint density at radius 2 is 0.833 bits per heavy atom. The van der Waals surface area contributed by atoms with Crippen LogP contribution in [-0.4, -0.2) is 24.9 Å². The highest BCUT2D eigenvalue weighted by atomic mass is 16.2. The molecule has 0 fully saturated rings. The summed E-state index contributed by atoms with van der Waals surface area (Å²) in [6.45, 7) is 12.2. The Kier molecular flexibility index (Phi) is 14.0. The first-order chi connectivity index (χ1) is 11.4. The van der Waals surface area contributed by atoms with Crippen molar-refractivity contribution in [2.45, 2.75) is 78.1 Å². The Balaban J connectivity index is 3.18. The van der Waals surface area contributed by atoms with Gasteiger partial charge in [-0.1, -0.05) is 64.5 Å². The third-order valence-electron chi connectivity index (χ3n) is 3.95. The minimum Gasteiger partial charge on any atom is -0.352 e. The van der Waals surface area contributed by atoms with E-state index < -0.39 is 0 Å². The van der Waals surface area contributed by atoms with E-state index in [1.54, 1.807) is 13.8 Å². The minimum atomic E-state index is -0.0332. The standard InChI is InChI=1S/C20H36N2O2/c1-17(2)19(23)21-15-13-11-9-7-5-6-8-10-12-14-16-22-20(24)18(3)4/h1,3,5-16H2,2,4H3,(H,21,23)(H,22,24).